The maximum atomic E-state index is 5.20. The van der Waals surface area contributed by atoms with Gasteiger partial charge in [0.2, 0.25) is 0 Å². The van der Waals surface area contributed by atoms with E-state index in [4.69, 9.17) is 4.74 Å². The molecule has 1 unspecified atom stereocenters. The lowest BCUT2D eigenvalue weighted by Crippen LogP contribution is -2.30. The second-order valence-corrected chi connectivity index (χ2v) is 6.42. The Morgan fingerprint density at radius 1 is 1.50 bits per heavy atom. The largest absolute Gasteiger partial charge is 0.383 e. The van der Waals surface area contributed by atoms with E-state index in [-0.39, 0.29) is 0 Å². The van der Waals surface area contributed by atoms with Crippen LogP contribution < -0.4 is 5.32 Å². The number of aromatic nitrogens is 2. The van der Waals surface area contributed by atoms with Crippen molar-refractivity contribution in [1.29, 1.82) is 0 Å². The normalized spacial score (nSPS) is 17.8. The van der Waals surface area contributed by atoms with Crippen LogP contribution in [0.3, 0.4) is 0 Å². The molecule has 1 fully saturated rings. The summed E-state index contributed by atoms with van der Waals surface area (Å²) in [6.07, 6.45) is 8.44. The molecule has 1 atom stereocenters. The van der Waals surface area contributed by atoms with E-state index in [2.05, 4.69) is 38.0 Å². The van der Waals surface area contributed by atoms with Crippen LogP contribution >= 0.6 is 15.9 Å². The van der Waals surface area contributed by atoms with E-state index < -0.39 is 0 Å². The molecule has 1 saturated carbocycles. The van der Waals surface area contributed by atoms with Gasteiger partial charge in [0.15, 0.2) is 0 Å². The van der Waals surface area contributed by atoms with Crippen molar-refractivity contribution in [3.8, 4) is 0 Å². The van der Waals surface area contributed by atoms with Gasteiger partial charge in [0.25, 0.3) is 0 Å². The minimum absolute atomic E-state index is 0.409. The fourth-order valence-corrected chi connectivity index (χ4v) is 3.66. The Hall–Kier alpha value is -0.390. The molecule has 0 bridgehead atoms. The maximum Gasteiger partial charge on any atom is 0.0699 e. The van der Waals surface area contributed by atoms with Gasteiger partial charge in [-0.1, -0.05) is 19.8 Å². The quantitative estimate of drug-likeness (QED) is 0.784. The molecule has 0 radical (unpaired) electrons. The Labute approximate surface area is 130 Å². The van der Waals surface area contributed by atoms with Gasteiger partial charge in [-0.3, -0.25) is 4.68 Å². The van der Waals surface area contributed by atoms with Crippen LogP contribution in [0.15, 0.2) is 10.7 Å². The monoisotopic (exact) mass is 343 g/mol. The SMILES string of the molecule is CCCNC(c1c(Br)cnn1CCOC)C1CCCC1. The number of ether oxygens (including phenoxy) is 1. The zero-order valence-corrected chi connectivity index (χ0v) is 14.2. The predicted molar refractivity (Wildman–Crippen MR) is 84.8 cm³/mol. The summed E-state index contributed by atoms with van der Waals surface area (Å²) in [4.78, 5) is 0. The summed E-state index contributed by atoms with van der Waals surface area (Å²) in [5.74, 6) is 0.732. The van der Waals surface area contributed by atoms with E-state index in [9.17, 15) is 0 Å². The van der Waals surface area contributed by atoms with Crippen molar-refractivity contribution in [2.45, 2.75) is 51.6 Å². The van der Waals surface area contributed by atoms with Gasteiger partial charge >= 0.3 is 0 Å². The van der Waals surface area contributed by atoms with Crippen LogP contribution in [0.4, 0.5) is 0 Å². The zero-order chi connectivity index (χ0) is 14.4. The van der Waals surface area contributed by atoms with Gasteiger partial charge < -0.3 is 10.1 Å². The number of nitrogens with one attached hydrogen (secondary N) is 1. The molecule has 0 aliphatic heterocycles. The summed E-state index contributed by atoms with van der Waals surface area (Å²) in [6, 6.07) is 0.409. The van der Waals surface area contributed by atoms with Crippen LogP contribution in [0.5, 0.6) is 0 Å². The fraction of sp³-hybridized carbons (Fsp3) is 0.800. The third-order valence-electron chi connectivity index (χ3n) is 4.12. The lowest BCUT2D eigenvalue weighted by molar-refractivity contribution is 0.180. The van der Waals surface area contributed by atoms with E-state index in [1.54, 1.807) is 7.11 Å². The highest BCUT2D eigenvalue weighted by Gasteiger charge is 2.30. The van der Waals surface area contributed by atoms with Crippen molar-refractivity contribution in [2.75, 3.05) is 20.3 Å². The Bertz CT molecular complexity index is 402. The molecule has 1 aliphatic carbocycles. The molecule has 0 saturated heterocycles. The first-order valence-electron chi connectivity index (χ1n) is 7.71. The van der Waals surface area contributed by atoms with Gasteiger partial charge in [0.1, 0.15) is 0 Å². The first-order chi connectivity index (χ1) is 9.77. The zero-order valence-electron chi connectivity index (χ0n) is 12.6. The molecule has 20 heavy (non-hydrogen) atoms. The number of halogens is 1. The second kappa shape index (κ2) is 8.15. The standard InChI is InChI=1S/C15H26BrN3O/c1-3-8-17-14(12-6-4-5-7-12)15-13(16)11-18-19(15)9-10-20-2/h11-12,14,17H,3-10H2,1-2H3. The van der Waals surface area contributed by atoms with E-state index >= 15 is 0 Å². The van der Waals surface area contributed by atoms with Gasteiger partial charge in [-0.2, -0.15) is 5.10 Å². The molecule has 1 aromatic heterocycles. The van der Waals surface area contributed by atoms with Gasteiger partial charge in [-0.15, -0.1) is 0 Å². The molecule has 0 aromatic carbocycles. The van der Waals surface area contributed by atoms with Crippen molar-refractivity contribution < 1.29 is 4.74 Å². The molecule has 1 aliphatic rings. The molecular formula is C15H26BrN3O. The predicted octanol–water partition coefficient (Wildman–Crippen LogP) is 3.52. The van der Waals surface area contributed by atoms with Crippen LogP contribution in [0.1, 0.15) is 50.8 Å². The van der Waals surface area contributed by atoms with Crippen LogP contribution in [-0.4, -0.2) is 30.0 Å². The number of nitrogens with zero attached hydrogens (tertiary/aromatic N) is 2. The Kier molecular flexibility index (Phi) is 6.52. The molecule has 114 valence electrons. The van der Waals surface area contributed by atoms with Gasteiger partial charge in [-0.25, -0.2) is 0 Å². The van der Waals surface area contributed by atoms with E-state index in [1.807, 2.05) is 6.20 Å². The topological polar surface area (TPSA) is 39.1 Å². The molecular weight excluding hydrogens is 318 g/mol. The van der Waals surface area contributed by atoms with Gasteiger partial charge in [0.05, 0.1) is 35.6 Å². The summed E-state index contributed by atoms with van der Waals surface area (Å²) in [7, 11) is 1.74. The maximum absolute atomic E-state index is 5.20. The third kappa shape index (κ3) is 3.83. The molecule has 0 amide bonds. The summed E-state index contributed by atoms with van der Waals surface area (Å²) in [5.41, 5.74) is 1.29. The molecule has 0 spiro atoms. The average Bonchev–Trinajstić information content (AvgIpc) is 3.09. The van der Waals surface area contributed by atoms with Gasteiger partial charge in [-0.05, 0) is 47.7 Å². The third-order valence-corrected chi connectivity index (χ3v) is 4.73. The summed E-state index contributed by atoms with van der Waals surface area (Å²) in [5, 5.41) is 8.24. The minimum atomic E-state index is 0.409. The Balaban J connectivity index is 2.19. The smallest absolute Gasteiger partial charge is 0.0699 e. The summed E-state index contributed by atoms with van der Waals surface area (Å²) < 4.78 is 8.42. The molecule has 1 aromatic rings. The van der Waals surface area contributed by atoms with Crippen LogP contribution in [0.25, 0.3) is 0 Å². The van der Waals surface area contributed by atoms with Crippen molar-refractivity contribution in [1.82, 2.24) is 15.1 Å². The average molecular weight is 344 g/mol. The van der Waals surface area contributed by atoms with E-state index in [1.165, 1.54) is 31.4 Å². The Morgan fingerprint density at radius 2 is 2.25 bits per heavy atom. The summed E-state index contributed by atoms with van der Waals surface area (Å²) in [6.45, 7) is 4.79. The fourth-order valence-electron chi connectivity index (χ4n) is 3.11. The van der Waals surface area contributed by atoms with Crippen molar-refractivity contribution >= 4 is 15.9 Å². The number of methoxy groups -OCH3 is 1. The minimum Gasteiger partial charge on any atom is -0.383 e. The first-order valence-corrected chi connectivity index (χ1v) is 8.50. The van der Waals surface area contributed by atoms with E-state index in [0.717, 1.165) is 29.9 Å². The molecule has 2 rings (SSSR count). The van der Waals surface area contributed by atoms with Crippen LogP contribution in [0, 0.1) is 5.92 Å². The van der Waals surface area contributed by atoms with E-state index in [0.29, 0.717) is 12.6 Å². The van der Waals surface area contributed by atoms with Crippen LogP contribution in [0.2, 0.25) is 0 Å². The van der Waals surface area contributed by atoms with Gasteiger partial charge in [0, 0.05) is 7.11 Å². The highest BCUT2D eigenvalue weighted by atomic mass is 79.9. The van der Waals surface area contributed by atoms with Crippen molar-refractivity contribution in [2.24, 2.45) is 5.92 Å². The number of hydrogen-bond acceptors (Lipinski definition) is 3. The number of rotatable bonds is 8. The molecule has 5 heteroatoms. The highest BCUT2D eigenvalue weighted by Crippen LogP contribution is 2.38. The summed E-state index contributed by atoms with van der Waals surface area (Å²) >= 11 is 3.68. The first kappa shape index (κ1) is 16.0. The molecule has 4 nitrogen and oxygen atoms in total. The Morgan fingerprint density at radius 3 is 2.90 bits per heavy atom. The van der Waals surface area contributed by atoms with Crippen LogP contribution in [-0.2, 0) is 11.3 Å². The molecule has 1 heterocycles. The second-order valence-electron chi connectivity index (χ2n) is 5.57. The molecule has 1 N–H and O–H groups in total. The lowest BCUT2D eigenvalue weighted by Gasteiger charge is -2.26. The van der Waals surface area contributed by atoms with Crippen molar-refractivity contribution in [3.05, 3.63) is 16.4 Å². The number of hydrogen-bond donors (Lipinski definition) is 1. The van der Waals surface area contributed by atoms with Crippen molar-refractivity contribution in [3.63, 3.8) is 0 Å². The lowest BCUT2D eigenvalue weighted by atomic mass is 9.95. The highest BCUT2D eigenvalue weighted by molar-refractivity contribution is 9.10.